The third-order valence-corrected chi connectivity index (χ3v) is 7.17. The minimum atomic E-state index is -0.311. The number of rotatable bonds is 7. The first-order valence-electron chi connectivity index (χ1n) is 12.9. The van der Waals surface area contributed by atoms with Crippen LogP contribution < -0.4 is 4.74 Å². The molecule has 0 radical (unpaired) electrons. The van der Waals surface area contributed by atoms with Crippen molar-refractivity contribution >= 4 is 5.91 Å². The summed E-state index contributed by atoms with van der Waals surface area (Å²) in [7, 11) is 3.77. The number of carbonyl (C=O) groups excluding carboxylic acids is 1. The molecule has 3 atom stereocenters. The van der Waals surface area contributed by atoms with Crippen molar-refractivity contribution in [2.24, 2.45) is 5.92 Å². The zero-order valence-electron chi connectivity index (χ0n) is 22.3. The minimum absolute atomic E-state index is 0.0446. The summed E-state index contributed by atoms with van der Waals surface area (Å²) >= 11 is 0. The number of fused-ring (bicyclic) bond motifs is 3. The largest absolute Gasteiger partial charge is 0.497 e. The molecule has 0 aliphatic carbocycles. The zero-order valence-corrected chi connectivity index (χ0v) is 22.3. The van der Waals surface area contributed by atoms with E-state index in [1.54, 1.807) is 12.0 Å². The first-order chi connectivity index (χ1) is 17.9. The van der Waals surface area contributed by atoms with Crippen LogP contribution in [0.15, 0.2) is 72.8 Å². The van der Waals surface area contributed by atoms with Crippen molar-refractivity contribution in [2.75, 3.05) is 33.9 Å². The van der Waals surface area contributed by atoms with Gasteiger partial charge in [-0.05, 0) is 54.4 Å². The maximum absolute atomic E-state index is 13.9. The van der Waals surface area contributed by atoms with Gasteiger partial charge >= 0.3 is 0 Å². The van der Waals surface area contributed by atoms with Crippen LogP contribution in [-0.4, -0.2) is 66.8 Å². The van der Waals surface area contributed by atoms with Crippen molar-refractivity contribution in [2.45, 2.75) is 39.1 Å². The van der Waals surface area contributed by atoms with Crippen LogP contribution >= 0.6 is 0 Å². The Balaban J connectivity index is 1.66. The summed E-state index contributed by atoms with van der Waals surface area (Å²) in [6.07, 6.45) is -0.119. The summed E-state index contributed by atoms with van der Waals surface area (Å²) < 4.78 is 12.0. The maximum atomic E-state index is 13.9. The molecule has 1 amide bonds. The Morgan fingerprint density at radius 2 is 1.76 bits per heavy atom. The first kappa shape index (κ1) is 26.9. The van der Waals surface area contributed by atoms with Gasteiger partial charge < -0.3 is 19.5 Å². The molecule has 1 N–H and O–H groups in total. The predicted molar refractivity (Wildman–Crippen MR) is 147 cm³/mol. The van der Waals surface area contributed by atoms with Crippen LogP contribution in [0.25, 0.3) is 11.1 Å². The lowest BCUT2D eigenvalue weighted by Crippen LogP contribution is -2.47. The molecule has 37 heavy (non-hydrogen) atoms. The van der Waals surface area contributed by atoms with E-state index in [-0.39, 0.29) is 30.6 Å². The Labute approximate surface area is 220 Å². The number of nitrogens with zero attached hydrogens (tertiary/aromatic N) is 2. The third kappa shape index (κ3) is 6.39. The molecule has 0 bridgehead atoms. The monoisotopic (exact) mass is 502 g/mol. The lowest BCUT2D eigenvalue weighted by Gasteiger charge is -2.35. The second-order valence-corrected chi connectivity index (χ2v) is 10.1. The highest BCUT2D eigenvalue weighted by Crippen LogP contribution is 2.31. The van der Waals surface area contributed by atoms with Crippen molar-refractivity contribution in [1.29, 1.82) is 0 Å². The number of hydrogen-bond acceptors (Lipinski definition) is 5. The van der Waals surface area contributed by atoms with Crippen LogP contribution in [0.1, 0.15) is 35.3 Å². The zero-order chi connectivity index (χ0) is 26.4. The number of amides is 1. The van der Waals surface area contributed by atoms with Crippen molar-refractivity contribution < 1.29 is 19.4 Å². The number of hydrogen-bond donors (Lipinski definition) is 1. The van der Waals surface area contributed by atoms with Crippen molar-refractivity contribution in [3.05, 3.63) is 89.5 Å². The van der Waals surface area contributed by atoms with E-state index < -0.39 is 0 Å². The van der Waals surface area contributed by atoms with Crippen LogP contribution in [-0.2, 0) is 17.9 Å². The van der Waals surface area contributed by atoms with E-state index in [1.165, 1.54) is 0 Å². The number of likely N-dealkylation sites (N-methyl/N-ethyl adjacent to an activating group) is 1. The normalized spacial score (nSPS) is 19.1. The molecule has 196 valence electrons. The summed E-state index contributed by atoms with van der Waals surface area (Å²) in [4.78, 5) is 18.0. The second kappa shape index (κ2) is 12.4. The quantitative estimate of drug-likeness (QED) is 0.500. The van der Waals surface area contributed by atoms with E-state index in [0.29, 0.717) is 25.3 Å². The molecule has 3 aromatic rings. The van der Waals surface area contributed by atoms with Gasteiger partial charge in [-0.15, -0.1) is 0 Å². The molecule has 6 heteroatoms. The molecule has 0 fully saturated rings. The second-order valence-electron chi connectivity index (χ2n) is 10.1. The van der Waals surface area contributed by atoms with E-state index in [4.69, 9.17) is 9.47 Å². The van der Waals surface area contributed by atoms with Crippen molar-refractivity contribution in [3.63, 3.8) is 0 Å². The maximum Gasteiger partial charge on any atom is 0.254 e. The number of aliphatic hydroxyl groups is 1. The van der Waals surface area contributed by atoms with Gasteiger partial charge in [0.2, 0.25) is 0 Å². The number of ether oxygens (including phenoxy) is 2. The van der Waals surface area contributed by atoms with Gasteiger partial charge in [0.15, 0.2) is 0 Å². The summed E-state index contributed by atoms with van der Waals surface area (Å²) in [5.41, 5.74) is 4.76. The van der Waals surface area contributed by atoms with Gasteiger partial charge in [-0.1, -0.05) is 61.5 Å². The number of benzene rings is 3. The summed E-state index contributed by atoms with van der Waals surface area (Å²) in [6.45, 7) is 6.32. The molecule has 0 aromatic heterocycles. The lowest BCUT2D eigenvalue weighted by molar-refractivity contribution is -0.0241. The average molecular weight is 503 g/mol. The summed E-state index contributed by atoms with van der Waals surface area (Å²) in [5, 5.41) is 10.0. The fourth-order valence-corrected chi connectivity index (χ4v) is 5.01. The Hall–Kier alpha value is -3.19. The van der Waals surface area contributed by atoms with Gasteiger partial charge in [-0.25, -0.2) is 0 Å². The van der Waals surface area contributed by atoms with E-state index in [2.05, 4.69) is 43.1 Å². The summed E-state index contributed by atoms with van der Waals surface area (Å²) in [6, 6.07) is 23.7. The highest BCUT2D eigenvalue weighted by molar-refractivity contribution is 6.01. The van der Waals surface area contributed by atoms with Gasteiger partial charge in [0.25, 0.3) is 5.91 Å². The molecule has 0 spiro atoms. The standard InChI is InChI=1S/C31H38N2O4/c1-22-17-33(23(2)20-34)31(35)29-15-8-7-14-28(29)27-13-6-5-11-25(27)21-37-30(22)19-32(3)18-24-10-9-12-26(16-24)36-4/h5-16,22-23,30,34H,17-21H2,1-4H3/t22-,23+,30+/m0/s1. The Kier molecular flexibility index (Phi) is 8.98. The molecule has 0 unspecified atom stereocenters. The number of methoxy groups -OCH3 is 1. The van der Waals surface area contributed by atoms with E-state index in [0.717, 1.165) is 34.5 Å². The lowest BCUT2D eigenvalue weighted by atomic mass is 9.94. The highest BCUT2D eigenvalue weighted by Gasteiger charge is 2.30. The van der Waals surface area contributed by atoms with Crippen LogP contribution in [0.4, 0.5) is 0 Å². The molecule has 0 saturated heterocycles. The van der Waals surface area contributed by atoms with Crippen LogP contribution in [0.3, 0.4) is 0 Å². The van der Waals surface area contributed by atoms with Crippen molar-refractivity contribution in [1.82, 2.24) is 9.80 Å². The highest BCUT2D eigenvalue weighted by atomic mass is 16.5. The molecule has 1 aliphatic heterocycles. The SMILES string of the molecule is COc1cccc(CN(C)C[C@H]2OCc3ccccc3-c3ccccc3C(=O)N([C@H](C)CO)C[C@@H]2C)c1. The van der Waals surface area contributed by atoms with Crippen molar-refractivity contribution in [3.8, 4) is 16.9 Å². The molecular formula is C31H38N2O4. The fraction of sp³-hybridized carbons (Fsp3) is 0.387. The molecule has 1 heterocycles. The molecular weight excluding hydrogens is 464 g/mol. The topological polar surface area (TPSA) is 62.2 Å². The molecule has 6 nitrogen and oxygen atoms in total. The Bertz CT molecular complexity index is 1200. The van der Waals surface area contributed by atoms with Gasteiger partial charge in [0.1, 0.15) is 5.75 Å². The predicted octanol–water partition coefficient (Wildman–Crippen LogP) is 4.85. The third-order valence-electron chi connectivity index (χ3n) is 7.17. The summed E-state index contributed by atoms with van der Waals surface area (Å²) in [5.74, 6) is 0.820. The van der Waals surface area contributed by atoms with Crippen LogP contribution in [0, 0.1) is 5.92 Å². The van der Waals surface area contributed by atoms with Gasteiger partial charge in [0, 0.05) is 31.1 Å². The fourth-order valence-electron chi connectivity index (χ4n) is 5.01. The molecule has 1 aliphatic rings. The van der Waals surface area contributed by atoms with E-state index >= 15 is 0 Å². The van der Waals surface area contributed by atoms with Crippen LogP contribution in [0.2, 0.25) is 0 Å². The van der Waals surface area contributed by atoms with Gasteiger partial charge in [-0.3, -0.25) is 9.69 Å². The average Bonchev–Trinajstić information content (AvgIpc) is 2.94. The van der Waals surface area contributed by atoms with Gasteiger partial charge in [0.05, 0.1) is 32.5 Å². The smallest absolute Gasteiger partial charge is 0.254 e. The molecule has 0 saturated carbocycles. The minimum Gasteiger partial charge on any atom is -0.497 e. The number of aliphatic hydroxyl groups excluding tert-OH is 1. The van der Waals surface area contributed by atoms with Crippen LogP contribution in [0.5, 0.6) is 5.75 Å². The first-order valence-corrected chi connectivity index (χ1v) is 12.9. The Morgan fingerprint density at radius 3 is 2.49 bits per heavy atom. The Morgan fingerprint density at radius 1 is 1.05 bits per heavy atom. The van der Waals surface area contributed by atoms with E-state index in [1.807, 2.05) is 55.5 Å². The number of carbonyl (C=O) groups is 1. The molecule has 3 aromatic carbocycles. The van der Waals surface area contributed by atoms with E-state index in [9.17, 15) is 9.90 Å². The van der Waals surface area contributed by atoms with Gasteiger partial charge in [-0.2, -0.15) is 0 Å². The molecule has 4 rings (SSSR count).